The van der Waals surface area contributed by atoms with Gasteiger partial charge in [-0.15, -0.1) is 0 Å². The molecule has 0 aliphatic heterocycles. The molecule has 1 heterocycles. The Morgan fingerprint density at radius 2 is 1.91 bits per heavy atom. The minimum absolute atomic E-state index is 0.00372. The Kier molecular flexibility index (Phi) is 9.73. The summed E-state index contributed by atoms with van der Waals surface area (Å²) in [6, 6.07) is 5.57. The zero-order valence-electron chi connectivity index (χ0n) is 21.0. The number of nitrogens with one attached hydrogen (secondary N) is 1. The molecule has 0 saturated heterocycles. The molecule has 10 nitrogen and oxygen atoms in total. The van der Waals surface area contributed by atoms with E-state index in [0.717, 1.165) is 12.0 Å². The number of para-hydroxylation sites is 1. The van der Waals surface area contributed by atoms with Crippen molar-refractivity contribution in [2.75, 3.05) is 45.0 Å². The number of aromatic nitrogens is 2. The molecule has 3 N–H and O–H groups in total. The molecule has 1 amide bonds. The van der Waals surface area contributed by atoms with Crippen LogP contribution in [0.5, 0.6) is 11.5 Å². The zero-order valence-corrected chi connectivity index (χ0v) is 21.0. The van der Waals surface area contributed by atoms with Crippen molar-refractivity contribution in [2.24, 2.45) is 5.92 Å². The lowest BCUT2D eigenvalue weighted by molar-refractivity contribution is -0.119. The lowest BCUT2D eigenvalue weighted by atomic mass is 10.1. The summed E-state index contributed by atoms with van der Waals surface area (Å²) in [7, 11) is 4.95. The van der Waals surface area contributed by atoms with Gasteiger partial charge in [0.1, 0.15) is 5.82 Å². The van der Waals surface area contributed by atoms with Gasteiger partial charge in [0.2, 0.25) is 5.91 Å². The standard InChI is InChI=1S/C24H37N5O5/c1-7-8-12-28(20-22(25)29(13-16(2)3)24(32)26-23(20)31)19(30)15-27(4)14-17-10-9-11-18(33-5)21(17)34-6/h9-11,16H,7-8,12-15,25H2,1-6H3,(H,26,31,32). The monoisotopic (exact) mass is 475 g/mol. The van der Waals surface area contributed by atoms with Crippen LogP contribution in [0.15, 0.2) is 27.8 Å². The Labute approximate surface area is 200 Å². The maximum Gasteiger partial charge on any atom is 0.330 e. The fourth-order valence-corrected chi connectivity index (χ4v) is 3.80. The summed E-state index contributed by atoms with van der Waals surface area (Å²) < 4.78 is 12.2. The van der Waals surface area contributed by atoms with Gasteiger partial charge in [-0.1, -0.05) is 39.3 Å². The lowest BCUT2D eigenvalue weighted by Gasteiger charge is -2.27. The summed E-state index contributed by atoms with van der Waals surface area (Å²) in [6.45, 7) is 6.99. The maximum atomic E-state index is 13.4. The van der Waals surface area contributed by atoms with Gasteiger partial charge in [0.05, 0.1) is 20.8 Å². The number of anilines is 2. The van der Waals surface area contributed by atoms with Crippen LogP contribution in [0.4, 0.5) is 11.5 Å². The fourth-order valence-electron chi connectivity index (χ4n) is 3.80. The maximum absolute atomic E-state index is 13.4. The molecule has 0 aliphatic rings. The number of nitrogens with zero attached hydrogens (tertiary/aromatic N) is 3. The second-order valence-corrected chi connectivity index (χ2v) is 8.72. The molecule has 34 heavy (non-hydrogen) atoms. The van der Waals surface area contributed by atoms with Crippen molar-refractivity contribution in [1.29, 1.82) is 0 Å². The normalized spacial score (nSPS) is 11.2. The SMILES string of the molecule is CCCCN(C(=O)CN(C)Cc1cccc(OC)c1OC)c1c(N)n(CC(C)C)c(=O)[nH]c1=O. The third kappa shape index (κ3) is 6.40. The second-order valence-electron chi connectivity index (χ2n) is 8.72. The lowest BCUT2D eigenvalue weighted by Crippen LogP contribution is -2.45. The largest absolute Gasteiger partial charge is 0.493 e. The number of hydrogen-bond acceptors (Lipinski definition) is 7. The van der Waals surface area contributed by atoms with Crippen LogP contribution < -0.4 is 31.4 Å². The van der Waals surface area contributed by atoms with Gasteiger partial charge < -0.3 is 20.1 Å². The number of amides is 1. The van der Waals surface area contributed by atoms with Crippen LogP contribution in [0.1, 0.15) is 39.2 Å². The highest BCUT2D eigenvalue weighted by atomic mass is 16.5. The summed E-state index contributed by atoms with van der Waals surface area (Å²) in [4.78, 5) is 44.0. The summed E-state index contributed by atoms with van der Waals surface area (Å²) in [5, 5.41) is 0. The van der Waals surface area contributed by atoms with Crippen LogP contribution in [0, 0.1) is 5.92 Å². The molecule has 188 valence electrons. The minimum Gasteiger partial charge on any atom is -0.493 e. The predicted octanol–water partition coefficient (Wildman–Crippen LogP) is 2.06. The molecular formula is C24H37N5O5. The first kappa shape index (κ1) is 27.0. The fraction of sp³-hybridized carbons (Fsp3) is 0.542. The summed E-state index contributed by atoms with van der Waals surface area (Å²) in [6.07, 6.45) is 1.51. The first-order valence-corrected chi connectivity index (χ1v) is 11.5. The van der Waals surface area contributed by atoms with E-state index in [1.807, 2.05) is 44.9 Å². The number of nitrogens with two attached hydrogens (primary N) is 1. The number of H-pyrrole nitrogens is 1. The van der Waals surface area contributed by atoms with E-state index in [2.05, 4.69) is 4.98 Å². The number of unbranched alkanes of at least 4 members (excludes halogenated alkanes) is 1. The van der Waals surface area contributed by atoms with E-state index in [9.17, 15) is 14.4 Å². The molecule has 1 aromatic heterocycles. The van der Waals surface area contributed by atoms with E-state index in [4.69, 9.17) is 15.2 Å². The van der Waals surface area contributed by atoms with Crippen LogP contribution in [-0.4, -0.2) is 54.7 Å². The molecule has 10 heteroatoms. The van der Waals surface area contributed by atoms with Gasteiger partial charge in [-0.25, -0.2) is 4.79 Å². The van der Waals surface area contributed by atoms with E-state index in [1.165, 1.54) is 9.47 Å². The molecule has 2 rings (SSSR count). The molecule has 0 spiro atoms. The third-order valence-electron chi connectivity index (χ3n) is 5.40. The zero-order chi connectivity index (χ0) is 25.4. The quantitative estimate of drug-likeness (QED) is 0.482. The van der Waals surface area contributed by atoms with Crippen molar-refractivity contribution in [3.05, 3.63) is 44.6 Å². The summed E-state index contributed by atoms with van der Waals surface area (Å²) in [5.41, 5.74) is 5.91. The van der Waals surface area contributed by atoms with Gasteiger partial charge in [-0.2, -0.15) is 0 Å². The van der Waals surface area contributed by atoms with Crippen LogP contribution in [0.25, 0.3) is 0 Å². The number of rotatable bonds is 12. The van der Waals surface area contributed by atoms with Crippen molar-refractivity contribution in [3.8, 4) is 11.5 Å². The van der Waals surface area contributed by atoms with Crippen LogP contribution in [-0.2, 0) is 17.9 Å². The first-order chi connectivity index (χ1) is 16.1. The number of carbonyl (C=O) groups excluding carboxylic acids is 1. The Morgan fingerprint density at radius 3 is 2.50 bits per heavy atom. The summed E-state index contributed by atoms with van der Waals surface area (Å²) in [5.74, 6) is 1.06. The highest BCUT2D eigenvalue weighted by Gasteiger charge is 2.25. The Morgan fingerprint density at radius 1 is 1.21 bits per heavy atom. The molecular weight excluding hydrogens is 438 g/mol. The Hall–Kier alpha value is -3.27. The smallest absolute Gasteiger partial charge is 0.330 e. The van der Waals surface area contributed by atoms with Crippen molar-refractivity contribution in [1.82, 2.24) is 14.5 Å². The van der Waals surface area contributed by atoms with Crippen molar-refractivity contribution < 1.29 is 14.3 Å². The average molecular weight is 476 g/mol. The van der Waals surface area contributed by atoms with E-state index >= 15 is 0 Å². The van der Waals surface area contributed by atoms with Gasteiger partial charge in [-0.3, -0.25) is 24.0 Å². The number of benzene rings is 1. The molecule has 0 fully saturated rings. The number of likely N-dealkylation sites (N-methyl/N-ethyl adjacent to an activating group) is 1. The number of hydrogen-bond donors (Lipinski definition) is 2. The topological polar surface area (TPSA) is 123 Å². The van der Waals surface area contributed by atoms with Gasteiger partial charge in [-0.05, 0) is 25.5 Å². The number of methoxy groups -OCH3 is 2. The number of aromatic amines is 1. The van der Waals surface area contributed by atoms with Crippen LogP contribution >= 0.6 is 0 Å². The van der Waals surface area contributed by atoms with Gasteiger partial charge >= 0.3 is 5.69 Å². The molecule has 0 radical (unpaired) electrons. The van der Waals surface area contributed by atoms with Gasteiger partial charge in [0, 0.05) is 25.2 Å². The van der Waals surface area contributed by atoms with E-state index < -0.39 is 11.2 Å². The highest BCUT2D eigenvalue weighted by molar-refractivity contribution is 5.96. The van der Waals surface area contributed by atoms with Crippen LogP contribution in [0.2, 0.25) is 0 Å². The number of nitrogen functional groups attached to an aromatic ring is 1. The molecule has 0 saturated carbocycles. The Balaban J connectivity index is 2.36. The molecule has 0 bridgehead atoms. The number of ether oxygens (including phenoxy) is 2. The third-order valence-corrected chi connectivity index (χ3v) is 5.40. The van der Waals surface area contributed by atoms with E-state index in [-0.39, 0.29) is 29.9 Å². The van der Waals surface area contributed by atoms with Gasteiger partial charge in [0.15, 0.2) is 17.2 Å². The summed E-state index contributed by atoms with van der Waals surface area (Å²) >= 11 is 0. The minimum atomic E-state index is -0.663. The second kappa shape index (κ2) is 12.3. The predicted molar refractivity (Wildman–Crippen MR) is 134 cm³/mol. The van der Waals surface area contributed by atoms with Crippen molar-refractivity contribution in [2.45, 2.75) is 46.7 Å². The van der Waals surface area contributed by atoms with Crippen molar-refractivity contribution >= 4 is 17.4 Å². The van der Waals surface area contributed by atoms with E-state index in [1.54, 1.807) is 20.3 Å². The van der Waals surface area contributed by atoms with Gasteiger partial charge in [0.25, 0.3) is 5.56 Å². The molecule has 1 aromatic carbocycles. The Bertz CT molecular complexity index is 1090. The van der Waals surface area contributed by atoms with Crippen LogP contribution in [0.3, 0.4) is 0 Å². The highest BCUT2D eigenvalue weighted by Crippen LogP contribution is 2.31. The molecule has 0 atom stereocenters. The van der Waals surface area contributed by atoms with E-state index in [0.29, 0.717) is 37.6 Å². The molecule has 0 unspecified atom stereocenters. The average Bonchev–Trinajstić information content (AvgIpc) is 2.78. The number of carbonyl (C=O) groups is 1. The molecule has 2 aromatic rings. The molecule has 0 aliphatic carbocycles. The van der Waals surface area contributed by atoms with Crippen molar-refractivity contribution in [3.63, 3.8) is 0 Å². The first-order valence-electron chi connectivity index (χ1n) is 11.5.